The van der Waals surface area contributed by atoms with Crippen LogP contribution in [0.5, 0.6) is 0 Å². The molecule has 0 saturated carbocycles. The third-order valence-corrected chi connectivity index (χ3v) is 2.92. The van der Waals surface area contributed by atoms with Gasteiger partial charge in [-0.05, 0) is 25.3 Å². The molecule has 19 heavy (non-hydrogen) atoms. The van der Waals surface area contributed by atoms with Gasteiger partial charge >= 0.3 is 11.9 Å². The first-order valence-corrected chi connectivity index (χ1v) is 6.12. The summed E-state index contributed by atoms with van der Waals surface area (Å²) in [6.45, 7) is 5.35. The van der Waals surface area contributed by atoms with Gasteiger partial charge in [0, 0.05) is 0 Å². The fourth-order valence-corrected chi connectivity index (χ4v) is 1.94. The minimum Gasteiger partial charge on any atom is -0.480 e. The lowest BCUT2D eigenvalue weighted by Crippen LogP contribution is -2.42. The number of hydrogen-bond donors (Lipinski definition) is 1. The minimum absolute atomic E-state index is 0.0378. The van der Waals surface area contributed by atoms with Gasteiger partial charge in [-0.3, -0.25) is 9.59 Å². The second kappa shape index (κ2) is 6.73. The zero-order valence-electron chi connectivity index (χ0n) is 11.0. The van der Waals surface area contributed by atoms with Crippen molar-refractivity contribution in [3.63, 3.8) is 0 Å². The number of rotatable bonds is 7. The number of esters is 1. The number of ether oxygens (including phenoxy) is 1. The molecule has 1 aromatic rings. The van der Waals surface area contributed by atoms with E-state index in [0.717, 1.165) is 5.56 Å². The highest BCUT2D eigenvalue weighted by Gasteiger charge is 2.46. The van der Waals surface area contributed by atoms with Crippen LogP contribution in [0, 0.1) is 5.41 Å². The van der Waals surface area contributed by atoms with E-state index in [2.05, 4.69) is 6.58 Å². The average molecular weight is 262 g/mol. The first-order chi connectivity index (χ1) is 9.06. The average Bonchev–Trinajstić information content (AvgIpc) is 2.39. The summed E-state index contributed by atoms with van der Waals surface area (Å²) in [5, 5.41) is 9.46. The molecular formula is C15H18O4. The molecule has 0 aliphatic carbocycles. The molecule has 1 N–H and O–H groups in total. The van der Waals surface area contributed by atoms with Crippen LogP contribution in [0.15, 0.2) is 43.0 Å². The van der Waals surface area contributed by atoms with Gasteiger partial charge in [-0.1, -0.05) is 36.4 Å². The minimum atomic E-state index is -1.60. The van der Waals surface area contributed by atoms with Gasteiger partial charge in [0.2, 0.25) is 0 Å². The summed E-state index contributed by atoms with van der Waals surface area (Å²) < 4.78 is 4.93. The number of aliphatic carboxylic acids is 1. The predicted octanol–water partition coefficient (Wildman–Crippen LogP) is 2.44. The lowest BCUT2D eigenvalue weighted by atomic mass is 9.78. The van der Waals surface area contributed by atoms with E-state index in [-0.39, 0.29) is 19.4 Å². The Morgan fingerprint density at radius 3 is 2.47 bits per heavy atom. The fraction of sp³-hybridized carbons (Fsp3) is 0.333. The first-order valence-electron chi connectivity index (χ1n) is 6.12. The lowest BCUT2D eigenvalue weighted by Gasteiger charge is -2.26. The van der Waals surface area contributed by atoms with Gasteiger partial charge in [-0.25, -0.2) is 0 Å². The summed E-state index contributed by atoms with van der Waals surface area (Å²) >= 11 is 0. The molecule has 0 saturated heterocycles. The molecule has 1 rings (SSSR count). The van der Waals surface area contributed by atoms with E-state index < -0.39 is 17.4 Å². The molecule has 4 heteroatoms. The summed E-state index contributed by atoms with van der Waals surface area (Å²) in [6, 6.07) is 9.03. The lowest BCUT2D eigenvalue weighted by molar-refractivity contribution is -0.168. The second-order valence-electron chi connectivity index (χ2n) is 4.26. The number of carbonyl (C=O) groups excluding carboxylic acids is 1. The Bertz CT molecular complexity index is 452. The third-order valence-electron chi connectivity index (χ3n) is 2.92. The SMILES string of the molecule is C=CCC(Cc1ccccc1)(C(=O)O)C(=O)OCC. The number of hydrogen-bond acceptors (Lipinski definition) is 3. The van der Waals surface area contributed by atoms with Gasteiger partial charge in [-0.15, -0.1) is 6.58 Å². The van der Waals surface area contributed by atoms with E-state index in [4.69, 9.17) is 4.74 Å². The maximum absolute atomic E-state index is 12.1. The smallest absolute Gasteiger partial charge is 0.324 e. The first kappa shape index (κ1) is 15.0. The number of allylic oxidation sites excluding steroid dienone is 1. The monoisotopic (exact) mass is 262 g/mol. The van der Waals surface area contributed by atoms with Gasteiger partial charge in [0.15, 0.2) is 5.41 Å². The molecule has 1 unspecified atom stereocenters. The topological polar surface area (TPSA) is 63.6 Å². The Balaban J connectivity index is 3.12. The zero-order valence-corrected chi connectivity index (χ0v) is 11.0. The Hall–Kier alpha value is -2.10. The van der Waals surface area contributed by atoms with E-state index in [1.54, 1.807) is 31.2 Å². The molecule has 0 amide bonds. The van der Waals surface area contributed by atoms with Crippen molar-refractivity contribution in [3.8, 4) is 0 Å². The molecule has 0 bridgehead atoms. The highest BCUT2D eigenvalue weighted by molar-refractivity contribution is 5.99. The molecule has 102 valence electrons. The molecule has 0 radical (unpaired) electrons. The van der Waals surface area contributed by atoms with Crippen molar-refractivity contribution in [2.45, 2.75) is 19.8 Å². The fourth-order valence-electron chi connectivity index (χ4n) is 1.94. The van der Waals surface area contributed by atoms with E-state index in [0.29, 0.717) is 0 Å². The number of carboxylic acids is 1. The van der Waals surface area contributed by atoms with Crippen molar-refractivity contribution in [1.29, 1.82) is 0 Å². The molecule has 0 aromatic heterocycles. The van der Waals surface area contributed by atoms with Crippen molar-refractivity contribution in [3.05, 3.63) is 48.6 Å². The van der Waals surface area contributed by atoms with Crippen LogP contribution in [0.3, 0.4) is 0 Å². The second-order valence-corrected chi connectivity index (χ2v) is 4.26. The van der Waals surface area contributed by atoms with Crippen LogP contribution in [-0.4, -0.2) is 23.7 Å². The molecule has 0 aliphatic heterocycles. The molecule has 1 aromatic carbocycles. The van der Waals surface area contributed by atoms with Crippen molar-refractivity contribution < 1.29 is 19.4 Å². The molecule has 4 nitrogen and oxygen atoms in total. The van der Waals surface area contributed by atoms with Gasteiger partial charge in [0.25, 0.3) is 0 Å². The Labute approximate surface area is 112 Å². The van der Waals surface area contributed by atoms with Gasteiger partial charge < -0.3 is 9.84 Å². The van der Waals surface area contributed by atoms with Crippen LogP contribution >= 0.6 is 0 Å². The largest absolute Gasteiger partial charge is 0.480 e. The molecule has 0 spiro atoms. The molecule has 1 atom stereocenters. The van der Waals surface area contributed by atoms with Crippen LogP contribution in [0.25, 0.3) is 0 Å². The third kappa shape index (κ3) is 3.44. The molecule has 0 heterocycles. The summed E-state index contributed by atoms with van der Waals surface area (Å²) in [7, 11) is 0. The quantitative estimate of drug-likeness (QED) is 0.465. The van der Waals surface area contributed by atoms with Crippen molar-refractivity contribution in [2.24, 2.45) is 5.41 Å². The maximum Gasteiger partial charge on any atom is 0.324 e. The number of benzene rings is 1. The molecular weight excluding hydrogens is 244 g/mol. The maximum atomic E-state index is 12.1. The Morgan fingerprint density at radius 1 is 1.37 bits per heavy atom. The standard InChI is InChI=1S/C15H18O4/c1-3-10-15(13(16)17,14(18)19-4-2)11-12-8-6-5-7-9-12/h3,5-9H,1,4,10-11H2,2H3,(H,16,17). The van der Waals surface area contributed by atoms with E-state index >= 15 is 0 Å². The van der Waals surface area contributed by atoms with Gasteiger partial charge in [0.05, 0.1) is 6.61 Å². The van der Waals surface area contributed by atoms with Crippen LogP contribution in [0.2, 0.25) is 0 Å². The van der Waals surface area contributed by atoms with E-state index in [1.807, 2.05) is 6.07 Å². The van der Waals surface area contributed by atoms with Gasteiger partial charge in [-0.2, -0.15) is 0 Å². The highest BCUT2D eigenvalue weighted by atomic mass is 16.5. The van der Waals surface area contributed by atoms with Crippen LogP contribution in [0.1, 0.15) is 18.9 Å². The number of carbonyl (C=O) groups is 2. The number of carboxylic acid groups (broad SMARTS) is 1. The van der Waals surface area contributed by atoms with Crippen molar-refractivity contribution in [2.75, 3.05) is 6.61 Å². The van der Waals surface area contributed by atoms with Crippen LogP contribution in [0.4, 0.5) is 0 Å². The molecule has 0 aliphatic rings. The van der Waals surface area contributed by atoms with Gasteiger partial charge in [0.1, 0.15) is 0 Å². The highest BCUT2D eigenvalue weighted by Crippen LogP contribution is 2.30. The summed E-state index contributed by atoms with van der Waals surface area (Å²) in [4.78, 5) is 23.6. The zero-order chi connectivity index (χ0) is 14.3. The van der Waals surface area contributed by atoms with E-state index in [9.17, 15) is 14.7 Å². The normalized spacial score (nSPS) is 13.3. The summed E-state index contributed by atoms with van der Waals surface area (Å²) in [5.74, 6) is -1.90. The Kier molecular flexibility index (Phi) is 5.30. The van der Waals surface area contributed by atoms with Crippen LogP contribution < -0.4 is 0 Å². The molecule has 0 fully saturated rings. The summed E-state index contributed by atoms with van der Waals surface area (Å²) in [6.07, 6.45) is 1.57. The Morgan fingerprint density at radius 2 is 2.00 bits per heavy atom. The predicted molar refractivity (Wildman–Crippen MR) is 71.7 cm³/mol. The van der Waals surface area contributed by atoms with E-state index in [1.165, 1.54) is 6.08 Å². The summed E-state index contributed by atoms with van der Waals surface area (Å²) in [5.41, 5.74) is -0.821. The van der Waals surface area contributed by atoms with Crippen molar-refractivity contribution >= 4 is 11.9 Å². The van der Waals surface area contributed by atoms with Crippen molar-refractivity contribution in [1.82, 2.24) is 0 Å². The van der Waals surface area contributed by atoms with Crippen LogP contribution in [-0.2, 0) is 20.7 Å².